The Morgan fingerprint density at radius 2 is 1.93 bits per heavy atom. The Morgan fingerprint density at radius 3 is 2.56 bits per heavy atom. The maximum atomic E-state index is 13.7. The van der Waals surface area contributed by atoms with Gasteiger partial charge < -0.3 is 14.8 Å². The molecule has 2 aromatic carbocycles. The summed E-state index contributed by atoms with van der Waals surface area (Å²) in [6, 6.07) is 12.2. The van der Waals surface area contributed by atoms with E-state index in [9.17, 15) is 14.0 Å². The van der Waals surface area contributed by atoms with Gasteiger partial charge in [-0.05, 0) is 48.3 Å². The van der Waals surface area contributed by atoms with Crippen molar-refractivity contribution in [3.63, 3.8) is 0 Å². The number of hydrogen-bond donors (Lipinski definition) is 1. The predicted octanol–water partition coefficient (Wildman–Crippen LogP) is 3.43. The molecule has 1 atom stereocenters. The largest absolute Gasteiger partial charge is 0.494 e. The van der Waals surface area contributed by atoms with Crippen LogP contribution in [0.4, 0.5) is 4.39 Å². The van der Waals surface area contributed by atoms with Gasteiger partial charge in [0.1, 0.15) is 12.6 Å². The first-order valence-electron chi connectivity index (χ1n) is 8.39. The minimum absolute atomic E-state index is 0.0866. The minimum atomic E-state index is -0.770. The Hall–Kier alpha value is -2.54. The van der Waals surface area contributed by atoms with Gasteiger partial charge in [-0.15, -0.1) is 0 Å². The van der Waals surface area contributed by atoms with Crippen molar-refractivity contribution in [1.82, 2.24) is 5.32 Å². The zero-order valence-corrected chi connectivity index (χ0v) is 16.1. The first kappa shape index (κ1) is 20.8. The number of rotatable bonds is 9. The molecule has 0 aliphatic rings. The summed E-state index contributed by atoms with van der Waals surface area (Å²) < 4.78 is 23.9. The quantitative estimate of drug-likeness (QED) is 0.664. The molecule has 0 saturated carbocycles. The van der Waals surface area contributed by atoms with E-state index < -0.39 is 17.8 Å². The fourth-order valence-electron chi connectivity index (χ4n) is 2.37. The van der Waals surface area contributed by atoms with Gasteiger partial charge in [0.15, 0.2) is 11.6 Å². The number of ether oxygens (including phenoxy) is 2. The van der Waals surface area contributed by atoms with Gasteiger partial charge in [0.25, 0.3) is 5.91 Å². The van der Waals surface area contributed by atoms with E-state index in [1.807, 2.05) is 12.3 Å². The van der Waals surface area contributed by atoms with Crippen LogP contribution in [0.2, 0.25) is 0 Å². The molecule has 0 aromatic heterocycles. The number of amides is 1. The van der Waals surface area contributed by atoms with Gasteiger partial charge >= 0.3 is 5.97 Å². The maximum Gasteiger partial charge on any atom is 0.329 e. The lowest BCUT2D eigenvalue weighted by Crippen LogP contribution is -2.42. The van der Waals surface area contributed by atoms with Crippen LogP contribution in [0.25, 0.3) is 0 Å². The summed E-state index contributed by atoms with van der Waals surface area (Å²) in [6.45, 7) is -0.0866. The molecule has 27 heavy (non-hydrogen) atoms. The third kappa shape index (κ3) is 6.29. The Balaban J connectivity index is 1.99. The lowest BCUT2D eigenvalue weighted by molar-refractivity contribution is -0.147. The Bertz CT molecular complexity index is 770. The van der Waals surface area contributed by atoms with Gasteiger partial charge in [-0.25, -0.2) is 9.18 Å². The van der Waals surface area contributed by atoms with E-state index in [2.05, 4.69) is 5.32 Å². The Morgan fingerprint density at radius 1 is 1.19 bits per heavy atom. The van der Waals surface area contributed by atoms with Crippen molar-refractivity contribution in [2.45, 2.75) is 19.1 Å². The number of thioether (sulfide) groups is 1. The smallest absolute Gasteiger partial charge is 0.329 e. The highest BCUT2D eigenvalue weighted by Gasteiger charge is 2.22. The number of hydrogen-bond acceptors (Lipinski definition) is 5. The molecular weight excluding hydrogens is 369 g/mol. The molecule has 0 unspecified atom stereocenters. The average molecular weight is 391 g/mol. The van der Waals surface area contributed by atoms with Gasteiger partial charge in [-0.1, -0.05) is 24.3 Å². The fourth-order valence-corrected chi connectivity index (χ4v) is 2.84. The van der Waals surface area contributed by atoms with E-state index in [-0.39, 0.29) is 18.3 Å². The number of benzene rings is 2. The van der Waals surface area contributed by atoms with Crippen molar-refractivity contribution in [3.8, 4) is 5.75 Å². The summed E-state index contributed by atoms with van der Waals surface area (Å²) in [5.41, 5.74) is 0.969. The number of halogens is 1. The number of methoxy groups -OCH3 is 1. The van der Waals surface area contributed by atoms with Crippen LogP contribution >= 0.6 is 11.8 Å². The Kier molecular flexibility index (Phi) is 8.13. The van der Waals surface area contributed by atoms with Crippen LogP contribution in [0, 0.1) is 5.82 Å². The van der Waals surface area contributed by atoms with E-state index in [1.54, 1.807) is 42.1 Å². The van der Waals surface area contributed by atoms with Crippen molar-refractivity contribution in [3.05, 3.63) is 65.5 Å². The van der Waals surface area contributed by atoms with Crippen LogP contribution in [-0.2, 0) is 16.1 Å². The molecule has 1 amide bonds. The van der Waals surface area contributed by atoms with Gasteiger partial charge in [-0.2, -0.15) is 11.8 Å². The van der Waals surface area contributed by atoms with Crippen molar-refractivity contribution in [2.24, 2.45) is 0 Å². The molecule has 2 aromatic rings. The fraction of sp³-hybridized carbons (Fsp3) is 0.300. The van der Waals surface area contributed by atoms with E-state index in [0.29, 0.717) is 23.3 Å². The van der Waals surface area contributed by atoms with Crippen molar-refractivity contribution in [1.29, 1.82) is 0 Å². The summed E-state index contributed by atoms with van der Waals surface area (Å²) in [6.07, 6.45) is 2.36. The highest BCUT2D eigenvalue weighted by Crippen LogP contribution is 2.18. The van der Waals surface area contributed by atoms with Gasteiger partial charge in [0.2, 0.25) is 0 Å². The predicted molar refractivity (Wildman–Crippen MR) is 103 cm³/mol. The molecule has 0 fully saturated rings. The molecular formula is C20H22FNO4S. The lowest BCUT2D eigenvalue weighted by Gasteiger charge is -2.17. The third-order valence-electron chi connectivity index (χ3n) is 3.83. The second kappa shape index (κ2) is 10.6. The minimum Gasteiger partial charge on any atom is -0.494 e. The maximum absolute atomic E-state index is 13.7. The number of nitrogens with one attached hydrogen (secondary N) is 1. The van der Waals surface area contributed by atoms with E-state index in [0.717, 1.165) is 0 Å². The van der Waals surface area contributed by atoms with Crippen LogP contribution in [0.1, 0.15) is 22.3 Å². The second-order valence-corrected chi connectivity index (χ2v) is 6.74. The van der Waals surface area contributed by atoms with Crippen LogP contribution < -0.4 is 10.1 Å². The number of carbonyl (C=O) groups excluding carboxylic acids is 2. The highest BCUT2D eigenvalue weighted by molar-refractivity contribution is 7.98. The van der Waals surface area contributed by atoms with Crippen LogP contribution in [0.3, 0.4) is 0 Å². The highest BCUT2D eigenvalue weighted by atomic mass is 32.2. The number of carbonyl (C=O) groups is 2. The molecule has 0 aliphatic carbocycles. The number of esters is 1. The molecule has 0 bridgehead atoms. The molecule has 1 N–H and O–H groups in total. The molecule has 2 rings (SSSR count). The standard InChI is InChI=1S/C20H22FNO4S/c1-25-18-9-8-14(12-16(18)21)13-26-20(24)17(10-11-27-2)22-19(23)15-6-4-3-5-7-15/h3-9,12,17H,10-11,13H2,1-2H3,(H,22,23)/t17-/m0/s1. The monoisotopic (exact) mass is 391 g/mol. The molecule has 5 nitrogen and oxygen atoms in total. The van der Waals surface area contributed by atoms with Crippen LogP contribution in [-0.4, -0.2) is 37.0 Å². The third-order valence-corrected chi connectivity index (χ3v) is 4.48. The van der Waals surface area contributed by atoms with Crippen LogP contribution in [0.5, 0.6) is 5.75 Å². The molecule has 7 heteroatoms. The average Bonchev–Trinajstić information content (AvgIpc) is 2.69. The molecule has 0 spiro atoms. The van der Waals surface area contributed by atoms with E-state index >= 15 is 0 Å². The molecule has 0 aliphatic heterocycles. The lowest BCUT2D eigenvalue weighted by atomic mass is 10.1. The van der Waals surface area contributed by atoms with Crippen LogP contribution in [0.15, 0.2) is 48.5 Å². The normalized spacial score (nSPS) is 11.5. The summed E-state index contributed by atoms with van der Waals surface area (Å²) in [7, 11) is 1.38. The molecule has 144 valence electrons. The van der Waals surface area contributed by atoms with Gasteiger partial charge in [-0.3, -0.25) is 4.79 Å². The Labute approximate surface area is 162 Å². The first-order valence-corrected chi connectivity index (χ1v) is 9.78. The first-order chi connectivity index (χ1) is 13.0. The van der Waals surface area contributed by atoms with E-state index in [1.165, 1.54) is 19.2 Å². The summed E-state index contributed by atoms with van der Waals surface area (Å²) >= 11 is 1.57. The summed E-state index contributed by atoms with van der Waals surface area (Å²) in [4.78, 5) is 24.8. The summed E-state index contributed by atoms with van der Waals surface area (Å²) in [5, 5.41) is 2.71. The molecule has 0 heterocycles. The summed E-state index contributed by atoms with van der Waals surface area (Å²) in [5.74, 6) is -0.606. The topological polar surface area (TPSA) is 64.6 Å². The van der Waals surface area contributed by atoms with Gasteiger partial charge in [0.05, 0.1) is 7.11 Å². The van der Waals surface area contributed by atoms with Crippen molar-refractivity contribution in [2.75, 3.05) is 19.1 Å². The van der Waals surface area contributed by atoms with Crippen molar-refractivity contribution >= 4 is 23.6 Å². The van der Waals surface area contributed by atoms with Gasteiger partial charge in [0, 0.05) is 5.56 Å². The molecule has 0 saturated heterocycles. The SMILES string of the molecule is COc1ccc(COC(=O)[C@H](CCSC)NC(=O)c2ccccc2)cc1F. The van der Waals surface area contributed by atoms with E-state index in [4.69, 9.17) is 9.47 Å². The second-order valence-electron chi connectivity index (χ2n) is 5.75. The molecule has 0 radical (unpaired) electrons. The van der Waals surface area contributed by atoms with Crippen molar-refractivity contribution < 1.29 is 23.5 Å². The zero-order chi connectivity index (χ0) is 19.6. The zero-order valence-electron chi connectivity index (χ0n) is 15.2.